The Bertz CT molecular complexity index is 869. The summed E-state index contributed by atoms with van der Waals surface area (Å²) in [5.74, 6) is 2.86. The molecule has 3 atom stereocenters. The molecule has 2 aromatic heterocycles. The summed E-state index contributed by atoms with van der Waals surface area (Å²) in [4.78, 5) is 17.8. The van der Waals surface area contributed by atoms with Crippen LogP contribution in [0.4, 0.5) is 5.82 Å². The molecule has 0 bridgehead atoms. The maximum Gasteiger partial charge on any atom is 0.146 e. The summed E-state index contributed by atoms with van der Waals surface area (Å²) in [5.41, 5.74) is 1.52. The number of rotatable bonds is 3. The molecular formula is C22H32N4O2S. The lowest BCUT2D eigenvalue weighted by Gasteiger charge is -2.36. The van der Waals surface area contributed by atoms with Crippen LogP contribution in [0.5, 0.6) is 0 Å². The van der Waals surface area contributed by atoms with Crippen molar-refractivity contribution < 1.29 is 9.47 Å². The summed E-state index contributed by atoms with van der Waals surface area (Å²) in [5, 5.41) is 1.32. The van der Waals surface area contributed by atoms with Gasteiger partial charge in [-0.25, -0.2) is 9.97 Å². The Morgan fingerprint density at radius 3 is 2.59 bits per heavy atom. The third-order valence-electron chi connectivity index (χ3n) is 6.37. The van der Waals surface area contributed by atoms with Crippen LogP contribution in [-0.4, -0.2) is 66.5 Å². The highest BCUT2D eigenvalue weighted by Crippen LogP contribution is 2.41. The van der Waals surface area contributed by atoms with E-state index in [9.17, 15) is 0 Å². The predicted molar refractivity (Wildman–Crippen MR) is 117 cm³/mol. The van der Waals surface area contributed by atoms with Gasteiger partial charge in [0.2, 0.25) is 0 Å². The highest BCUT2D eigenvalue weighted by Gasteiger charge is 2.30. The minimum absolute atomic E-state index is 0.223. The molecule has 0 amide bonds. The molecule has 4 heterocycles. The molecule has 2 aliphatic heterocycles. The van der Waals surface area contributed by atoms with E-state index in [0.717, 1.165) is 69.9 Å². The number of hydrogen-bond acceptors (Lipinski definition) is 7. The van der Waals surface area contributed by atoms with Crippen LogP contribution in [0.3, 0.4) is 0 Å². The van der Waals surface area contributed by atoms with Gasteiger partial charge in [-0.2, -0.15) is 0 Å². The monoisotopic (exact) mass is 416 g/mol. The molecule has 29 heavy (non-hydrogen) atoms. The molecule has 2 fully saturated rings. The molecule has 1 aliphatic carbocycles. The molecule has 7 heteroatoms. The molecule has 2 saturated heterocycles. The molecule has 0 unspecified atom stereocenters. The van der Waals surface area contributed by atoms with E-state index in [4.69, 9.17) is 19.4 Å². The molecule has 0 saturated carbocycles. The number of fused-ring (bicyclic) bond motifs is 3. The van der Waals surface area contributed by atoms with E-state index < -0.39 is 0 Å². The smallest absolute Gasteiger partial charge is 0.146 e. The number of hydrogen-bond donors (Lipinski definition) is 0. The fourth-order valence-corrected chi connectivity index (χ4v) is 6.37. The van der Waals surface area contributed by atoms with Crippen LogP contribution in [-0.2, 0) is 28.9 Å². The van der Waals surface area contributed by atoms with Gasteiger partial charge in [-0.3, -0.25) is 4.90 Å². The van der Waals surface area contributed by atoms with E-state index in [2.05, 4.69) is 30.6 Å². The first kappa shape index (κ1) is 19.7. The van der Waals surface area contributed by atoms with Gasteiger partial charge in [0.25, 0.3) is 0 Å². The Morgan fingerprint density at radius 2 is 1.83 bits per heavy atom. The summed E-state index contributed by atoms with van der Waals surface area (Å²) in [6, 6.07) is 0. The Kier molecular flexibility index (Phi) is 5.49. The average molecular weight is 417 g/mol. The molecular weight excluding hydrogens is 384 g/mol. The normalized spacial score (nSPS) is 28.7. The summed E-state index contributed by atoms with van der Waals surface area (Å²) in [6.07, 6.45) is 4.06. The molecule has 5 rings (SSSR count). The molecule has 158 valence electrons. The molecule has 2 aromatic rings. The number of aromatic nitrogens is 2. The summed E-state index contributed by atoms with van der Waals surface area (Å²) >= 11 is 1.91. The Balaban J connectivity index is 1.57. The molecule has 3 aliphatic rings. The highest BCUT2D eigenvalue weighted by atomic mass is 32.1. The lowest BCUT2D eigenvalue weighted by atomic mass is 9.89. The van der Waals surface area contributed by atoms with Crippen LogP contribution in [0.25, 0.3) is 10.2 Å². The average Bonchev–Trinajstić information content (AvgIpc) is 3.04. The first-order valence-corrected chi connectivity index (χ1v) is 11.9. The van der Waals surface area contributed by atoms with Crippen molar-refractivity contribution in [3.05, 3.63) is 16.3 Å². The second kappa shape index (κ2) is 8.10. The lowest BCUT2D eigenvalue weighted by Crippen LogP contribution is -2.46. The van der Waals surface area contributed by atoms with Gasteiger partial charge in [0, 0.05) is 31.1 Å². The highest BCUT2D eigenvalue weighted by molar-refractivity contribution is 7.19. The van der Waals surface area contributed by atoms with Gasteiger partial charge >= 0.3 is 0 Å². The van der Waals surface area contributed by atoms with Gasteiger partial charge in [-0.1, -0.05) is 6.92 Å². The van der Waals surface area contributed by atoms with E-state index in [0.29, 0.717) is 0 Å². The van der Waals surface area contributed by atoms with Crippen LogP contribution in [0.15, 0.2) is 0 Å². The van der Waals surface area contributed by atoms with Gasteiger partial charge in [-0.15, -0.1) is 11.3 Å². The summed E-state index contributed by atoms with van der Waals surface area (Å²) in [6.45, 7) is 12.8. The van der Waals surface area contributed by atoms with Crippen molar-refractivity contribution in [2.75, 3.05) is 44.3 Å². The van der Waals surface area contributed by atoms with Gasteiger partial charge in [-0.05, 0) is 44.6 Å². The van der Waals surface area contributed by atoms with Crippen molar-refractivity contribution in [1.29, 1.82) is 0 Å². The van der Waals surface area contributed by atoms with Crippen LogP contribution < -0.4 is 4.90 Å². The van der Waals surface area contributed by atoms with Crippen LogP contribution in [0.2, 0.25) is 0 Å². The fraction of sp³-hybridized carbons (Fsp3) is 0.727. The molecule has 0 N–H and O–H groups in total. The van der Waals surface area contributed by atoms with Crippen molar-refractivity contribution in [1.82, 2.24) is 14.9 Å². The lowest BCUT2D eigenvalue weighted by molar-refractivity contribution is -0.00541. The quantitative estimate of drug-likeness (QED) is 0.766. The maximum absolute atomic E-state index is 6.01. The zero-order valence-corrected chi connectivity index (χ0v) is 18.6. The number of morpholine rings is 2. The second-order valence-corrected chi connectivity index (χ2v) is 10.1. The molecule has 0 spiro atoms. The van der Waals surface area contributed by atoms with E-state index >= 15 is 0 Å². The minimum atomic E-state index is 0.223. The molecule has 0 aromatic carbocycles. The summed E-state index contributed by atoms with van der Waals surface area (Å²) in [7, 11) is 0. The van der Waals surface area contributed by atoms with Crippen molar-refractivity contribution in [3.63, 3.8) is 0 Å². The first-order chi connectivity index (χ1) is 14.1. The van der Waals surface area contributed by atoms with Crippen LogP contribution >= 0.6 is 11.3 Å². The van der Waals surface area contributed by atoms with Crippen LogP contribution in [0, 0.1) is 5.92 Å². The minimum Gasteiger partial charge on any atom is -0.379 e. The van der Waals surface area contributed by atoms with Gasteiger partial charge in [0.05, 0.1) is 37.4 Å². The fourth-order valence-electron chi connectivity index (χ4n) is 4.98. The van der Waals surface area contributed by atoms with Gasteiger partial charge in [0.1, 0.15) is 16.5 Å². The number of ether oxygens (including phenoxy) is 2. The third kappa shape index (κ3) is 4.02. The van der Waals surface area contributed by atoms with E-state index in [-0.39, 0.29) is 12.2 Å². The predicted octanol–water partition coefficient (Wildman–Crippen LogP) is 3.26. The number of aryl methyl sites for hydroxylation is 1. The first-order valence-electron chi connectivity index (χ1n) is 11.1. The van der Waals surface area contributed by atoms with Crippen molar-refractivity contribution in [2.24, 2.45) is 5.92 Å². The van der Waals surface area contributed by atoms with Crippen LogP contribution in [0.1, 0.15) is 43.5 Å². The third-order valence-corrected chi connectivity index (χ3v) is 7.52. The second-order valence-electron chi connectivity index (χ2n) is 9.05. The van der Waals surface area contributed by atoms with E-state index in [1.807, 2.05) is 11.3 Å². The molecule has 0 radical (unpaired) electrons. The van der Waals surface area contributed by atoms with Crippen molar-refractivity contribution in [2.45, 2.75) is 58.8 Å². The van der Waals surface area contributed by atoms with Crippen molar-refractivity contribution >= 4 is 27.4 Å². The maximum atomic E-state index is 6.01. The standard InChI is InChI=1S/C22H32N4O2S/c1-14-4-5-17-18(10-14)29-22-20(17)21(26-11-15(2)28-16(3)12-26)23-19(24-22)13-25-6-8-27-9-7-25/h14-16H,4-13H2,1-3H3/t14-,15-,16+/m1/s1. The number of anilines is 1. The molecule has 6 nitrogen and oxygen atoms in total. The Hall–Kier alpha value is -1.28. The van der Waals surface area contributed by atoms with Gasteiger partial charge < -0.3 is 14.4 Å². The Morgan fingerprint density at radius 1 is 1.07 bits per heavy atom. The van der Waals surface area contributed by atoms with Gasteiger partial charge in [0.15, 0.2) is 0 Å². The van der Waals surface area contributed by atoms with E-state index in [1.54, 1.807) is 0 Å². The Labute approximate surface area is 177 Å². The largest absolute Gasteiger partial charge is 0.379 e. The number of thiophene rings is 1. The summed E-state index contributed by atoms with van der Waals surface area (Å²) < 4.78 is 11.5. The van der Waals surface area contributed by atoms with Crippen molar-refractivity contribution in [3.8, 4) is 0 Å². The zero-order chi connectivity index (χ0) is 20.0. The SMILES string of the molecule is C[C@@H]1CCc2c(sc3nc(CN4CCOCC4)nc(N4C[C@@H](C)O[C@@H](C)C4)c23)C1. The van der Waals surface area contributed by atoms with E-state index in [1.165, 1.54) is 33.5 Å². The topological polar surface area (TPSA) is 50.7 Å². The number of nitrogens with zero attached hydrogens (tertiary/aromatic N) is 4. The zero-order valence-electron chi connectivity index (χ0n) is 17.8.